The Kier molecular flexibility index (Phi) is 4.36. The quantitative estimate of drug-likeness (QED) is 0.868. The maximum absolute atomic E-state index is 4.48. The monoisotopic (exact) mass is 238 g/mol. The number of hydrogen-bond acceptors (Lipinski definition) is 3. The molecule has 1 aromatic rings. The molecule has 16 heavy (non-hydrogen) atoms. The van der Waals surface area contributed by atoms with Gasteiger partial charge in [0.25, 0.3) is 0 Å². The maximum atomic E-state index is 4.48. The lowest BCUT2D eigenvalue weighted by molar-refractivity contribution is 0.280. The van der Waals surface area contributed by atoms with Crippen molar-refractivity contribution < 1.29 is 0 Å². The van der Waals surface area contributed by atoms with E-state index in [1.54, 1.807) is 11.3 Å². The van der Waals surface area contributed by atoms with Crippen LogP contribution in [0.1, 0.15) is 49.7 Å². The predicted molar refractivity (Wildman–Crippen MR) is 69.7 cm³/mol. The molecule has 0 amide bonds. The molecule has 1 saturated carbocycles. The number of thiazole rings is 1. The van der Waals surface area contributed by atoms with Crippen LogP contribution in [0, 0.1) is 12.8 Å². The third-order valence-corrected chi connectivity index (χ3v) is 4.45. The van der Waals surface area contributed by atoms with Crippen LogP contribution in [0.4, 0.5) is 0 Å². The number of hydrogen-bond donors (Lipinski definition) is 1. The number of rotatable bonds is 4. The molecule has 1 atom stereocenters. The predicted octanol–water partition coefficient (Wildman–Crippen LogP) is 3.51. The third kappa shape index (κ3) is 3.29. The van der Waals surface area contributed by atoms with E-state index in [0.717, 1.165) is 12.5 Å². The highest BCUT2D eigenvalue weighted by atomic mass is 32.1. The first-order chi connectivity index (χ1) is 7.75. The molecule has 0 radical (unpaired) electrons. The summed E-state index contributed by atoms with van der Waals surface area (Å²) in [6.45, 7) is 5.33. The number of nitrogens with zero attached hydrogens (tertiary/aromatic N) is 1. The molecule has 2 rings (SSSR count). The molecular weight excluding hydrogens is 216 g/mol. The fourth-order valence-electron chi connectivity index (χ4n) is 2.56. The summed E-state index contributed by atoms with van der Waals surface area (Å²) < 4.78 is 0. The molecular formula is C13H22N2S. The molecule has 1 fully saturated rings. The molecule has 1 unspecified atom stereocenters. The van der Waals surface area contributed by atoms with Crippen LogP contribution >= 0.6 is 11.3 Å². The second kappa shape index (κ2) is 5.78. The molecule has 0 aliphatic heterocycles. The Morgan fingerprint density at radius 1 is 1.44 bits per heavy atom. The van der Waals surface area contributed by atoms with Gasteiger partial charge in [-0.25, -0.2) is 4.98 Å². The lowest BCUT2D eigenvalue weighted by atomic mass is 9.84. The Bertz CT molecular complexity index is 315. The number of nitrogens with one attached hydrogen (secondary N) is 1. The largest absolute Gasteiger partial charge is 0.308 e. The highest BCUT2D eigenvalue weighted by Crippen LogP contribution is 2.26. The van der Waals surface area contributed by atoms with Gasteiger partial charge in [0.2, 0.25) is 0 Å². The fraction of sp³-hybridized carbons (Fsp3) is 0.769. The van der Waals surface area contributed by atoms with Gasteiger partial charge in [-0.1, -0.05) is 19.3 Å². The van der Waals surface area contributed by atoms with Crippen molar-refractivity contribution in [3.8, 4) is 0 Å². The summed E-state index contributed by atoms with van der Waals surface area (Å²) in [6, 6.07) is 0.641. The standard InChI is InChI=1S/C13H22N2S/c1-10(12-6-4-3-5-7-12)14-8-13-9-16-11(2)15-13/h9-10,12,14H,3-8H2,1-2H3. The highest BCUT2D eigenvalue weighted by molar-refractivity contribution is 7.09. The van der Waals surface area contributed by atoms with Crippen molar-refractivity contribution in [1.82, 2.24) is 10.3 Å². The van der Waals surface area contributed by atoms with E-state index in [0.29, 0.717) is 6.04 Å². The van der Waals surface area contributed by atoms with Crippen molar-refractivity contribution in [3.63, 3.8) is 0 Å². The summed E-state index contributed by atoms with van der Waals surface area (Å²) in [5.74, 6) is 0.883. The zero-order valence-corrected chi connectivity index (χ0v) is 11.1. The average molecular weight is 238 g/mol. The summed E-state index contributed by atoms with van der Waals surface area (Å²) in [6.07, 6.45) is 7.10. The first-order valence-corrected chi connectivity index (χ1v) is 7.28. The summed E-state index contributed by atoms with van der Waals surface area (Å²) >= 11 is 1.74. The number of aromatic nitrogens is 1. The van der Waals surface area contributed by atoms with Gasteiger partial charge in [-0.05, 0) is 32.6 Å². The van der Waals surface area contributed by atoms with E-state index in [1.807, 2.05) is 0 Å². The van der Waals surface area contributed by atoms with Gasteiger partial charge in [0, 0.05) is 18.0 Å². The first-order valence-electron chi connectivity index (χ1n) is 6.40. The van der Waals surface area contributed by atoms with Crippen molar-refractivity contribution in [2.45, 2.75) is 58.5 Å². The van der Waals surface area contributed by atoms with Crippen LogP contribution in [-0.2, 0) is 6.54 Å². The van der Waals surface area contributed by atoms with E-state index >= 15 is 0 Å². The van der Waals surface area contributed by atoms with Crippen LogP contribution in [0.3, 0.4) is 0 Å². The summed E-state index contributed by atoms with van der Waals surface area (Å²) in [5.41, 5.74) is 1.20. The van der Waals surface area contributed by atoms with Crippen LogP contribution < -0.4 is 5.32 Å². The number of aryl methyl sites for hydroxylation is 1. The Morgan fingerprint density at radius 2 is 2.19 bits per heavy atom. The second-order valence-corrected chi connectivity index (χ2v) is 5.99. The molecule has 90 valence electrons. The Morgan fingerprint density at radius 3 is 2.81 bits per heavy atom. The maximum Gasteiger partial charge on any atom is 0.0897 e. The lowest BCUT2D eigenvalue weighted by Gasteiger charge is -2.28. The molecule has 0 bridgehead atoms. The van der Waals surface area contributed by atoms with Gasteiger partial charge in [0.1, 0.15) is 0 Å². The summed E-state index contributed by atoms with van der Waals surface area (Å²) in [5, 5.41) is 6.96. The van der Waals surface area contributed by atoms with Gasteiger partial charge in [0.05, 0.1) is 10.7 Å². The Balaban J connectivity index is 1.76. The minimum absolute atomic E-state index is 0.641. The zero-order chi connectivity index (χ0) is 11.4. The third-order valence-electron chi connectivity index (χ3n) is 3.63. The Hall–Kier alpha value is -0.410. The van der Waals surface area contributed by atoms with Crippen LogP contribution in [0.15, 0.2) is 5.38 Å². The van der Waals surface area contributed by atoms with Gasteiger partial charge < -0.3 is 5.32 Å². The molecule has 2 nitrogen and oxygen atoms in total. The first kappa shape index (κ1) is 12.1. The Labute approximate surface area is 102 Å². The van der Waals surface area contributed by atoms with E-state index in [1.165, 1.54) is 42.8 Å². The molecule has 1 heterocycles. The van der Waals surface area contributed by atoms with Gasteiger partial charge in [-0.2, -0.15) is 0 Å². The van der Waals surface area contributed by atoms with Gasteiger partial charge in [-0.3, -0.25) is 0 Å². The fourth-order valence-corrected chi connectivity index (χ4v) is 3.17. The average Bonchev–Trinajstić information content (AvgIpc) is 2.73. The van der Waals surface area contributed by atoms with Crippen molar-refractivity contribution in [2.75, 3.05) is 0 Å². The van der Waals surface area contributed by atoms with Gasteiger partial charge in [0.15, 0.2) is 0 Å². The molecule has 0 spiro atoms. The van der Waals surface area contributed by atoms with Gasteiger partial charge >= 0.3 is 0 Å². The molecule has 1 aromatic heterocycles. The molecule has 0 saturated heterocycles. The molecule has 1 aliphatic rings. The van der Waals surface area contributed by atoms with E-state index in [2.05, 4.69) is 29.5 Å². The van der Waals surface area contributed by atoms with Crippen molar-refractivity contribution in [2.24, 2.45) is 5.92 Å². The van der Waals surface area contributed by atoms with Gasteiger partial charge in [-0.15, -0.1) is 11.3 Å². The van der Waals surface area contributed by atoms with E-state index in [4.69, 9.17) is 0 Å². The lowest BCUT2D eigenvalue weighted by Crippen LogP contribution is -2.34. The highest BCUT2D eigenvalue weighted by Gasteiger charge is 2.19. The molecule has 1 N–H and O–H groups in total. The van der Waals surface area contributed by atoms with Crippen molar-refractivity contribution >= 4 is 11.3 Å². The van der Waals surface area contributed by atoms with E-state index < -0.39 is 0 Å². The summed E-state index contributed by atoms with van der Waals surface area (Å²) in [7, 11) is 0. The van der Waals surface area contributed by atoms with Crippen LogP contribution in [0.5, 0.6) is 0 Å². The van der Waals surface area contributed by atoms with E-state index in [-0.39, 0.29) is 0 Å². The van der Waals surface area contributed by atoms with Crippen LogP contribution in [0.2, 0.25) is 0 Å². The smallest absolute Gasteiger partial charge is 0.0897 e. The summed E-state index contributed by atoms with van der Waals surface area (Å²) in [4.78, 5) is 4.48. The molecule has 3 heteroatoms. The van der Waals surface area contributed by atoms with E-state index in [9.17, 15) is 0 Å². The minimum Gasteiger partial charge on any atom is -0.308 e. The molecule has 1 aliphatic carbocycles. The van der Waals surface area contributed by atoms with Crippen molar-refractivity contribution in [1.29, 1.82) is 0 Å². The molecule has 0 aromatic carbocycles. The second-order valence-electron chi connectivity index (χ2n) is 4.93. The SMILES string of the molecule is Cc1nc(CNC(C)C2CCCCC2)cs1. The topological polar surface area (TPSA) is 24.9 Å². The van der Waals surface area contributed by atoms with Crippen LogP contribution in [-0.4, -0.2) is 11.0 Å². The van der Waals surface area contributed by atoms with Crippen molar-refractivity contribution in [3.05, 3.63) is 16.1 Å². The minimum atomic E-state index is 0.641. The normalized spacial score (nSPS) is 19.9. The van der Waals surface area contributed by atoms with Crippen LogP contribution in [0.25, 0.3) is 0 Å². The zero-order valence-electron chi connectivity index (χ0n) is 10.3.